The van der Waals surface area contributed by atoms with Crippen molar-refractivity contribution in [1.82, 2.24) is 9.71 Å². The molecule has 33 heavy (non-hydrogen) atoms. The lowest BCUT2D eigenvalue weighted by Gasteiger charge is -2.16. The predicted molar refractivity (Wildman–Crippen MR) is 124 cm³/mol. The zero-order valence-corrected chi connectivity index (χ0v) is 19.4. The first-order valence-electron chi connectivity index (χ1n) is 9.57. The number of ether oxygens (including phenoxy) is 2. The van der Waals surface area contributed by atoms with E-state index in [1.54, 1.807) is 53.9 Å². The number of sulfonamides is 1. The molecule has 0 aliphatic carbocycles. The van der Waals surface area contributed by atoms with E-state index in [1.807, 2.05) is 0 Å². The molecule has 2 amide bonds. The van der Waals surface area contributed by atoms with Gasteiger partial charge in [-0.1, -0.05) is 24.3 Å². The molecule has 0 saturated heterocycles. The fraction of sp³-hybridized carbons (Fsp3) is 0.190. The number of benzene rings is 2. The Morgan fingerprint density at radius 3 is 2.36 bits per heavy atom. The van der Waals surface area contributed by atoms with Gasteiger partial charge in [0.15, 0.2) is 23.2 Å². The minimum atomic E-state index is -3.42. The van der Waals surface area contributed by atoms with Gasteiger partial charge in [-0.15, -0.1) is 11.3 Å². The van der Waals surface area contributed by atoms with E-state index < -0.39 is 27.8 Å². The van der Waals surface area contributed by atoms with Crippen LogP contribution in [0.1, 0.15) is 16.6 Å². The summed E-state index contributed by atoms with van der Waals surface area (Å²) in [4.78, 5) is 29.3. The summed E-state index contributed by atoms with van der Waals surface area (Å²) in [5.74, 6) is -1.69. The molecule has 1 atom stereocenters. The highest BCUT2D eigenvalue weighted by atomic mass is 32.2. The summed E-state index contributed by atoms with van der Waals surface area (Å²) in [6, 6.07) is 13.7. The zero-order valence-electron chi connectivity index (χ0n) is 17.8. The van der Waals surface area contributed by atoms with Crippen LogP contribution >= 0.6 is 11.3 Å². The maximum Gasteiger partial charge on any atom is 0.244 e. The number of amides is 2. The Morgan fingerprint density at radius 1 is 1.09 bits per heavy atom. The number of hydrogen-bond donors (Lipinski definition) is 3. The second-order valence-electron chi connectivity index (χ2n) is 6.84. The minimum absolute atomic E-state index is 0.0714. The SMILES string of the molecule is COc1ccccc1Oc1ccccc1NC(=O)C(C(N)=O)c1nc(CNS(C)(=O)=O)cs1. The molecule has 1 aromatic heterocycles. The number of primary amides is 1. The highest BCUT2D eigenvalue weighted by Gasteiger charge is 2.30. The first kappa shape index (κ1) is 24.2. The zero-order chi connectivity index (χ0) is 24.0. The monoisotopic (exact) mass is 490 g/mol. The molecule has 0 bridgehead atoms. The molecule has 3 aromatic rings. The van der Waals surface area contributed by atoms with Crippen molar-refractivity contribution >= 4 is 38.9 Å². The number of nitrogens with one attached hydrogen (secondary N) is 2. The standard InChI is InChI=1S/C21H22N4O6S2/c1-30-16-9-5-6-10-17(16)31-15-8-4-3-7-14(15)25-20(27)18(19(22)26)21-24-13(12-32-21)11-23-33(2,28)29/h3-10,12,18,23H,11H2,1-2H3,(H2,22,26)(H,25,27). The molecule has 10 nitrogen and oxygen atoms in total. The molecule has 0 fully saturated rings. The molecule has 174 valence electrons. The molecule has 2 aromatic carbocycles. The Balaban J connectivity index is 1.81. The van der Waals surface area contributed by atoms with Crippen molar-refractivity contribution in [2.24, 2.45) is 5.73 Å². The van der Waals surface area contributed by atoms with Gasteiger partial charge >= 0.3 is 0 Å². The summed E-state index contributed by atoms with van der Waals surface area (Å²) in [5.41, 5.74) is 6.16. The Hall–Kier alpha value is -3.48. The number of nitrogens with zero attached hydrogens (tertiary/aromatic N) is 1. The first-order valence-corrected chi connectivity index (χ1v) is 12.3. The van der Waals surface area contributed by atoms with E-state index in [-0.39, 0.29) is 11.6 Å². The van der Waals surface area contributed by atoms with Crippen LogP contribution in [0.5, 0.6) is 17.2 Å². The molecule has 0 aliphatic rings. The third kappa shape index (κ3) is 6.51. The molecule has 4 N–H and O–H groups in total. The number of para-hydroxylation sites is 4. The number of aromatic nitrogens is 1. The van der Waals surface area contributed by atoms with Crippen molar-refractivity contribution < 1.29 is 27.5 Å². The van der Waals surface area contributed by atoms with E-state index in [4.69, 9.17) is 15.2 Å². The number of rotatable bonds is 10. The Kier molecular flexibility index (Phi) is 7.63. The van der Waals surface area contributed by atoms with Gasteiger partial charge in [-0.2, -0.15) is 0 Å². The van der Waals surface area contributed by atoms with E-state index in [9.17, 15) is 18.0 Å². The van der Waals surface area contributed by atoms with Crippen molar-refractivity contribution in [3.63, 3.8) is 0 Å². The topological polar surface area (TPSA) is 150 Å². The summed E-state index contributed by atoms with van der Waals surface area (Å²) in [6.07, 6.45) is 1.02. The Bertz CT molecular complexity index is 1260. The lowest BCUT2D eigenvalue weighted by atomic mass is 10.1. The van der Waals surface area contributed by atoms with Gasteiger partial charge in [-0.05, 0) is 24.3 Å². The normalized spacial score (nSPS) is 12.1. The summed E-state index contributed by atoms with van der Waals surface area (Å²) >= 11 is 1.03. The lowest BCUT2D eigenvalue weighted by Crippen LogP contribution is -2.32. The number of methoxy groups -OCH3 is 1. The van der Waals surface area contributed by atoms with Gasteiger partial charge in [0.1, 0.15) is 5.01 Å². The average molecular weight is 491 g/mol. The highest BCUT2D eigenvalue weighted by molar-refractivity contribution is 7.88. The number of carbonyl (C=O) groups is 2. The second kappa shape index (κ2) is 10.4. The van der Waals surface area contributed by atoms with Gasteiger partial charge in [0.05, 0.1) is 31.3 Å². The Morgan fingerprint density at radius 2 is 1.73 bits per heavy atom. The van der Waals surface area contributed by atoms with Gasteiger partial charge in [0, 0.05) is 5.38 Å². The van der Waals surface area contributed by atoms with Crippen LogP contribution in [0.15, 0.2) is 53.9 Å². The fourth-order valence-corrected chi connectivity index (χ4v) is 4.12. The van der Waals surface area contributed by atoms with Crippen LogP contribution in [-0.4, -0.2) is 38.6 Å². The lowest BCUT2D eigenvalue weighted by molar-refractivity contribution is -0.127. The van der Waals surface area contributed by atoms with Gasteiger partial charge in [-0.25, -0.2) is 18.1 Å². The molecule has 1 heterocycles. The molecule has 3 rings (SSSR count). The van der Waals surface area contributed by atoms with Gasteiger partial charge < -0.3 is 20.5 Å². The first-order chi connectivity index (χ1) is 15.7. The fourth-order valence-electron chi connectivity index (χ4n) is 2.79. The van der Waals surface area contributed by atoms with Gasteiger partial charge in [0.2, 0.25) is 21.8 Å². The third-order valence-electron chi connectivity index (χ3n) is 4.31. The summed E-state index contributed by atoms with van der Waals surface area (Å²) in [5, 5.41) is 4.36. The van der Waals surface area contributed by atoms with Gasteiger partial charge in [-0.3, -0.25) is 9.59 Å². The average Bonchev–Trinajstić information content (AvgIpc) is 3.22. The largest absolute Gasteiger partial charge is 0.493 e. The van der Waals surface area contributed by atoms with Crippen molar-refractivity contribution in [3.8, 4) is 17.2 Å². The minimum Gasteiger partial charge on any atom is -0.493 e. The third-order valence-corrected chi connectivity index (χ3v) is 5.94. The van der Waals surface area contributed by atoms with Crippen LogP contribution in [0.3, 0.4) is 0 Å². The molecular weight excluding hydrogens is 468 g/mol. The van der Waals surface area contributed by atoms with Gasteiger partial charge in [0.25, 0.3) is 0 Å². The smallest absolute Gasteiger partial charge is 0.244 e. The van der Waals surface area contributed by atoms with E-state index in [2.05, 4.69) is 15.0 Å². The molecule has 0 radical (unpaired) electrons. The number of hydrogen-bond acceptors (Lipinski definition) is 8. The maximum atomic E-state index is 13.0. The van der Waals surface area contributed by atoms with Crippen LogP contribution in [-0.2, 0) is 26.2 Å². The van der Waals surface area contributed by atoms with Crippen molar-refractivity contribution in [2.45, 2.75) is 12.5 Å². The van der Waals surface area contributed by atoms with E-state index in [0.29, 0.717) is 28.6 Å². The predicted octanol–water partition coefficient (Wildman–Crippen LogP) is 2.20. The molecule has 12 heteroatoms. The second-order valence-corrected chi connectivity index (χ2v) is 9.57. The van der Waals surface area contributed by atoms with Crippen LogP contribution in [0, 0.1) is 0 Å². The Labute approximate surface area is 194 Å². The summed E-state index contributed by atoms with van der Waals surface area (Å²) in [6.45, 7) is -0.0714. The van der Waals surface area contributed by atoms with E-state index in [1.165, 1.54) is 7.11 Å². The number of carbonyl (C=O) groups excluding carboxylic acids is 2. The van der Waals surface area contributed by atoms with Crippen LogP contribution in [0.2, 0.25) is 0 Å². The van der Waals surface area contributed by atoms with Crippen LogP contribution in [0.25, 0.3) is 0 Å². The summed E-state index contributed by atoms with van der Waals surface area (Å²) in [7, 11) is -1.91. The summed E-state index contributed by atoms with van der Waals surface area (Å²) < 4.78 is 36.0. The highest BCUT2D eigenvalue weighted by Crippen LogP contribution is 2.35. The molecule has 0 spiro atoms. The number of thiazole rings is 1. The molecular formula is C21H22N4O6S2. The number of nitrogens with two attached hydrogens (primary N) is 1. The maximum absolute atomic E-state index is 13.0. The quantitative estimate of drug-likeness (QED) is 0.369. The molecule has 0 saturated carbocycles. The van der Waals surface area contributed by atoms with Crippen molar-refractivity contribution in [3.05, 3.63) is 64.6 Å². The van der Waals surface area contributed by atoms with Crippen LogP contribution < -0.4 is 25.2 Å². The van der Waals surface area contributed by atoms with Crippen molar-refractivity contribution in [2.75, 3.05) is 18.7 Å². The van der Waals surface area contributed by atoms with Crippen molar-refractivity contribution in [1.29, 1.82) is 0 Å². The molecule has 1 unspecified atom stereocenters. The van der Waals surface area contributed by atoms with E-state index in [0.717, 1.165) is 17.6 Å². The number of anilines is 1. The van der Waals surface area contributed by atoms with Crippen LogP contribution in [0.4, 0.5) is 5.69 Å². The molecule has 0 aliphatic heterocycles. The van der Waals surface area contributed by atoms with E-state index >= 15 is 0 Å².